The van der Waals surface area contributed by atoms with Gasteiger partial charge in [-0.05, 0) is 61.7 Å². The van der Waals surface area contributed by atoms with Gasteiger partial charge in [0.25, 0.3) is 0 Å². The topological polar surface area (TPSA) is 70.7 Å². The monoisotopic (exact) mass is 543 g/mol. The molecule has 4 rings (SSSR count). The largest absolute Gasteiger partial charge is 0.573 e. The number of nitrogens with one attached hydrogen (secondary N) is 2. The van der Waals surface area contributed by atoms with Crippen molar-refractivity contribution < 1.29 is 40.7 Å². The predicted molar refractivity (Wildman–Crippen MR) is 125 cm³/mol. The summed E-state index contributed by atoms with van der Waals surface area (Å²) in [5.74, 6) is -1.22. The Hall–Kier alpha value is -3.28. The van der Waals surface area contributed by atoms with Crippen LogP contribution in [0.4, 0.5) is 26.3 Å². The lowest BCUT2D eigenvalue weighted by molar-refractivity contribution is -0.274. The quantitative estimate of drug-likeness (QED) is 0.491. The lowest BCUT2D eigenvalue weighted by Crippen LogP contribution is -2.52. The number of ether oxygens (including phenoxy) is 1. The molecule has 2 amide bonds. The summed E-state index contributed by atoms with van der Waals surface area (Å²) in [6, 6.07) is 8.51. The number of carbonyl (C=O) groups excluding carboxylic acids is 2. The number of carbonyl (C=O) groups is 2. The first-order valence-electron chi connectivity index (χ1n) is 12.1. The van der Waals surface area contributed by atoms with Gasteiger partial charge in [0.1, 0.15) is 11.8 Å². The van der Waals surface area contributed by atoms with Crippen LogP contribution in [0.15, 0.2) is 48.5 Å². The zero-order valence-corrected chi connectivity index (χ0v) is 20.5. The summed E-state index contributed by atoms with van der Waals surface area (Å²) in [4.78, 5) is 28.4. The molecule has 0 aromatic heterocycles. The molecule has 1 saturated heterocycles. The van der Waals surface area contributed by atoms with Gasteiger partial charge in [0.05, 0.1) is 11.0 Å². The van der Waals surface area contributed by atoms with Crippen LogP contribution in [0.25, 0.3) is 0 Å². The van der Waals surface area contributed by atoms with Crippen LogP contribution in [0.1, 0.15) is 36.0 Å². The number of benzene rings is 2. The molecule has 206 valence electrons. The number of halogens is 6. The second-order valence-electron chi connectivity index (χ2n) is 9.64. The molecule has 2 fully saturated rings. The van der Waals surface area contributed by atoms with E-state index in [0.717, 1.165) is 30.7 Å². The summed E-state index contributed by atoms with van der Waals surface area (Å²) in [6.45, 7) is 0.899. The van der Waals surface area contributed by atoms with Crippen molar-refractivity contribution in [2.24, 2.45) is 0 Å². The predicted octanol–water partition coefficient (Wildman–Crippen LogP) is 4.18. The van der Waals surface area contributed by atoms with Crippen LogP contribution in [-0.4, -0.2) is 55.3 Å². The first kappa shape index (κ1) is 27.7. The molecule has 38 heavy (non-hydrogen) atoms. The van der Waals surface area contributed by atoms with E-state index < -0.39 is 41.2 Å². The summed E-state index contributed by atoms with van der Waals surface area (Å²) in [7, 11) is 1.78. The highest BCUT2D eigenvalue weighted by Crippen LogP contribution is 2.49. The van der Waals surface area contributed by atoms with E-state index in [-0.39, 0.29) is 18.4 Å². The summed E-state index contributed by atoms with van der Waals surface area (Å²) in [6.07, 6.45) is -7.77. The third-order valence-corrected chi connectivity index (χ3v) is 7.06. The van der Waals surface area contributed by atoms with Crippen molar-refractivity contribution in [3.05, 3.63) is 65.2 Å². The van der Waals surface area contributed by atoms with E-state index >= 15 is 0 Å². The molecule has 0 radical (unpaired) electrons. The summed E-state index contributed by atoms with van der Waals surface area (Å²) in [5.41, 5.74) is -0.894. The normalized spacial score (nSPS) is 19.7. The Balaban J connectivity index is 1.52. The van der Waals surface area contributed by atoms with Gasteiger partial charge in [-0.15, -0.1) is 13.2 Å². The van der Waals surface area contributed by atoms with E-state index in [4.69, 9.17) is 0 Å². The van der Waals surface area contributed by atoms with Crippen molar-refractivity contribution in [2.75, 3.05) is 20.1 Å². The third kappa shape index (κ3) is 6.40. The van der Waals surface area contributed by atoms with Crippen LogP contribution in [0.2, 0.25) is 0 Å². The maximum absolute atomic E-state index is 13.4. The molecule has 1 heterocycles. The molecule has 6 nitrogen and oxygen atoms in total. The highest BCUT2D eigenvalue weighted by molar-refractivity contribution is 5.95. The van der Waals surface area contributed by atoms with E-state index in [1.807, 2.05) is 0 Å². The summed E-state index contributed by atoms with van der Waals surface area (Å²) < 4.78 is 80.3. The van der Waals surface area contributed by atoms with E-state index in [1.165, 1.54) is 24.3 Å². The van der Waals surface area contributed by atoms with Crippen LogP contribution in [0.5, 0.6) is 5.75 Å². The van der Waals surface area contributed by atoms with Crippen LogP contribution in [0.3, 0.4) is 0 Å². The van der Waals surface area contributed by atoms with Gasteiger partial charge in [-0.25, -0.2) is 0 Å². The minimum absolute atomic E-state index is 0.0160. The van der Waals surface area contributed by atoms with Crippen LogP contribution >= 0.6 is 0 Å². The Morgan fingerprint density at radius 3 is 2.16 bits per heavy atom. The van der Waals surface area contributed by atoms with Crippen molar-refractivity contribution in [1.29, 1.82) is 0 Å². The molecule has 1 saturated carbocycles. The highest BCUT2D eigenvalue weighted by atomic mass is 19.4. The van der Waals surface area contributed by atoms with Gasteiger partial charge in [0.15, 0.2) is 0 Å². The zero-order chi connectivity index (χ0) is 27.7. The smallest absolute Gasteiger partial charge is 0.406 e. The average Bonchev–Trinajstić information content (AvgIpc) is 3.52. The van der Waals surface area contributed by atoms with Gasteiger partial charge >= 0.3 is 12.5 Å². The van der Waals surface area contributed by atoms with Crippen molar-refractivity contribution in [3.63, 3.8) is 0 Å². The Morgan fingerprint density at radius 1 is 1.03 bits per heavy atom. The maximum Gasteiger partial charge on any atom is 0.573 e. The van der Waals surface area contributed by atoms with E-state index in [1.54, 1.807) is 11.9 Å². The molecule has 1 aliphatic carbocycles. The number of alkyl halides is 6. The standard InChI is InChI=1S/C26H27F6N3O3/c1-33-19-10-13-35(15-19)22(36)21(14-16-2-4-18(5-3-16)25(27,28)29)34-23(37)24(11-12-24)17-6-8-20(9-7-17)38-26(30,31)32/h2-9,19,21,33H,10-15H2,1H3,(H,34,37)/t19-,21?/m0/s1. The Labute approximate surface area is 215 Å². The number of rotatable bonds is 8. The SMILES string of the molecule is CN[C@H]1CCN(C(=O)C(Cc2ccc(C(F)(F)F)cc2)NC(=O)C2(c3ccc(OC(F)(F)F)cc3)CC2)C1. The van der Waals surface area contributed by atoms with Crippen LogP contribution < -0.4 is 15.4 Å². The molecule has 2 aromatic rings. The van der Waals surface area contributed by atoms with Crippen molar-refractivity contribution in [1.82, 2.24) is 15.5 Å². The minimum atomic E-state index is -4.84. The number of amides is 2. The van der Waals surface area contributed by atoms with Crippen molar-refractivity contribution >= 4 is 11.8 Å². The van der Waals surface area contributed by atoms with Crippen molar-refractivity contribution in [2.45, 2.75) is 55.7 Å². The van der Waals surface area contributed by atoms with Gasteiger partial charge in [-0.3, -0.25) is 9.59 Å². The van der Waals surface area contributed by atoms with E-state index in [9.17, 15) is 35.9 Å². The Morgan fingerprint density at radius 2 is 1.66 bits per heavy atom. The molecule has 2 atom stereocenters. The van der Waals surface area contributed by atoms with Crippen molar-refractivity contribution in [3.8, 4) is 5.75 Å². The summed E-state index contributed by atoms with van der Waals surface area (Å²) in [5, 5.41) is 5.89. The van der Waals surface area contributed by atoms with Crippen LogP contribution in [0, 0.1) is 0 Å². The Kier molecular flexibility index (Phi) is 7.64. The molecule has 2 aliphatic rings. The average molecular weight is 544 g/mol. The van der Waals surface area contributed by atoms with Gasteiger partial charge in [0.2, 0.25) is 11.8 Å². The first-order valence-corrected chi connectivity index (χ1v) is 12.1. The van der Waals surface area contributed by atoms with E-state index in [2.05, 4.69) is 15.4 Å². The van der Waals surface area contributed by atoms with Gasteiger partial charge in [-0.2, -0.15) is 13.2 Å². The number of hydrogen-bond acceptors (Lipinski definition) is 4. The molecule has 2 N–H and O–H groups in total. The molecule has 12 heteroatoms. The number of likely N-dealkylation sites (tertiary alicyclic amines) is 1. The Bertz CT molecular complexity index is 1140. The van der Waals surface area contributed by atoms with Crippen LogP contribution in [-0.2, 0) is 27.6 Å². The fourth-order valence-corrected chi connectivity index (χ4v) is 4.73. The third-order valence-electron chi connectivity index (χ3n) is 7.06. The number of likely N-dealkylation sites (N-methyl/N-ethyl adjacent to an activating group) is 1. The molecular weight excluding hydrogens is 516 g/mol. The minimum Gasteiger partial charge on any atom is -0.406 e. The molecule has 2 aromatic carbocycles. The maximum atomic E-state index is 13.4. The highest BCUT2D eigenvalue weighted by Gasteiger charge is 2.52. The fourth-order valence-electron chi connectivity index (χ4n) is 4.73. The second kappa shape index (κ2) is 10.5. The molecule has 1 aliphatic heterocycles. The molecular formula is C26H27F6N3O3. The summed E-state index contributed by atoms with van der Waals surface area (Å²) >= 11 is 0. The second-order valence-corrected chi connectivity index (χ2v) is 9.64. The molecule has 0 bridgehead atoms. The molecule has 1 unspecified atom stereocenters. The lowest BCUT2D eigenvalue weighted by atomic mass is 9.93. The van der Waals surface area contributed by atoms with Gasteiger partial charge < -0.3 is 20.3 Å². The fraction of sp³-hybridized carbons (Fsp3) is 0.462. The number of hydrogen-bond donors (Lipinski definition) is 2. The number of nitrogens with zero attached hydrogens (tertiary/aromatic N) is 1. The first-order chi connectivity index (χ1) is 17.8. The molecule has 0 spiro atoms. The van der Waals surface area contributed by atoms with Gasteiger partial charge in [-0.1, -0.05) is 24.3 Å². The van der Waals surface area contributed by atoms with E-state index in [0.29, 0.717) is 37.1 Å². The zero-order valence-electron chi connectivity index (χ0n) is 20.5. The van der Waals surface area contributed by atoms with Gasteiger partial charge in [0, 0.05) is 25.6 Å². The lowest BCUT2D eigenvalue weighted by Gasteiger charge is -2.27.